The molecule has 104 valence electrons. The quantitative estimate of drug-likeness (QED) is 0.857. The van der Waals surface area contributed by atoms with Gasteiger partial charge in [-0.25, -0.2) is 15.0 Å². The molecular formula is C15H18N4S. The predicted molar refractivity (Wildman–Crippen MR) is 79.7 cm³/mol. The van der Waals surface area contributed by atoms with Crippen LogP contribution in [-0.2, 0) is 6.54 Å². The van der Waals surface area contributed by atoms with Gasteiger partial charge in [0.15, 0.2) is 5.16 Å². The minimum Gasteiger partial charge on any atom is -0.310 e. The minimum absolute atomic E-state index is 0.700. The topological polar surface area (TPSA) is 50.7 Å². The molecule has 0 bridgehead atoms. The van der Waals surface area contributed by atoms with Crippen LogP contribution in [0.3, 0.4) is 0 Å². The van der Waals surface area contributed by atoms with Crippen molar-refractivity contribution in [1.82, 2.24) is 20.3 Å². The molecular weight excluding hydrogens is 268 g/mol. The average molecular weight is 286 g/mol. The van der Waals surface area contributed by atoms with Crippen LogP contribution in [0, 0.1) is 13.8 Å². The fourth-order valence-corrected chi connectivity index (χ4v) is 2.96. The Morgan fingerprint density at radius 3 is 2.70 bits per heavy atom. The van der Waals surface area contributed by atoms with Crippen molar-refractivity contribution in [2.24, 2.45) is 0 Å². The van der Waals surface area contributed by atoms with Gasteiger partial charge in [0, 0.05) is 30.2 Å². The highest BCUT2D eigenvalue weighted by atomic mass is 32.2. The molecule has 0 aromatic carbocycles. The van der Waals surface area contributed by atoms with E-state index in [9.17, 15) is 0 Å². The Morgan fingerprint density at radius 2 is 2.00 bits per heavy atom. The van der Waals surface area contributed by atoms with Gasteiger partial charge >= 0.3 is 0 Å². The maximum absolute atomic E-state index is 4.47. The predicted octanol–water partition coefficient (Wildman–Crippen LogP) is 2.89. The standard InChI is InChI=1S/C15H18N4S/c1-10-8-11(2)19-15(18-10)20-14-12(4-3-7-16-14)9-17-13-5-6-13/h3-4,7-8,13,17H,5-6,9H2,1-2H3. The summed E-state index contributed by atoms with van der Waals surface area (Å²) < 4.78 is 0. The Kier molecular flexibility index (Phi) is 3.98. The molecule has 1 aliphatic carbocycles. The fraction of sp³-hybridized carbons (Fsp3) is 0.400. The zero-order valence-corrected chi connectivity index (χ0v) is 12.6. The van der Waals surface area contributed by atoms with E-state index < -0.39 is 0 Å². The van der Waals surface area contributed by atoms with Crippen LogP contribution in [0.15, 0.2) is 34.6 Å². The van der Waals surface area contributed by atoms with E-state index in [1.54, 1.807) is 11.8 Å². The molecule has 5 heteroatoms. The van der Waals surface area contributed by atoms with Crippen molar-refractivity contribution in [2.75, 3.05) is 0 Å². The smallest absolute Gasteiger partial charge is 0.194 e. The summed E-state index contributed by atoms with van der Waals surface area (Å²) >= 11 is 1.54. The number of pyridine rings is 1. The van der Waals surface area contributed by atoms with Crippen LogP contribution in [0.5, 0.6) is 0 Å². The minimum atomic E-state index is 0.700. The van der Waals surface area contributed by atoms with Crippen LogP contribution < -0.4 is 5.32 Å². The lowest BCUT2D eigenvalue weighted by atomic mass is 10.3. The monoisotopic (exact) mass is 286 g/mol. The lowest BCUT2D eigenvalue weighted by Gasteiger charge is -2.08. The second-order valence-electron chi connectivity index (χ2n) is 5.16. The maximum atomic E-state index is 4.47. The van der Waals surface area contributed by atoms with Crippen molar-refractivity contribution < 1.29 is 0 Å². The number of hydrogen-bond donors (Lipinski definition) is 1. The number of nitrogens with zero attached hydrogens (tertiary/aromatic N) is 3. The van der Waals surface area contributed by atoms with E-state index in [1.807, 2.05) is 32.2 Å². The van der Waals surface area contributed by atoms with Crippen molar-refractivity contribution in [1.29, 1.82) is 0 Å². The summed E-state index contributed by atoms with van der Waals surface area (Å²) in [4.78, 5) is 13.4. The summed E-state index contributed by atoms with van der Waals surface area (Å²) in [6, 6.07) is 6.78. The molecule has 20 heavy (non-hydrogen) atoms. The molecule has 1 fully saturated rings. The van der Waals surface area contributed by atoms with E-state index in [2.05, 4.69) is 26.3 Å². The normalized spacial score (nSPS) is 14.5. The van der Waals surface area contributed by atoms with E-state index in [0.29, 0.717) is 6.04 Å². The number of rotatable bonds is 5. The van der Waals surface area contributed by atoms with Crippen molar-refractivity contribution >= 4 is 11.8 Å². The van der Waals surface area contributed by atoms with Crippen molar-refractivity contribution in [3.05, 3.63) is 41.3 Å². The van der Waals surface area contributed by atoms with Gasteiger partial charge in [-0.15, -0.1) is 0 Å². The maximum Gasteiger partial charge on any atom is 0.194 e. The van der Waals surface area contributed by atoms with Gasteiger partial charge in [0.05, 0.1) is 0 Å². The molecule has 0 atom stereocenters. The van der Waals surface area contributed by atoms with Crippen molar-refractivity contribution in [2.45, 2.75) is 49.5 Å². The molecule has 0 spiro atoms. The molecule has 1 saturated carbocycles. The van der Waals surface area contributed by atoms with Crippen LogP contribution in [0.2, 0.25) is 0 Å². The highest BCUT2D eigenvalue weighted by Gasteiger charge is 2.20. The van der Waals surface area contributed by atoms with Crippen LogP contribution in [0.1, 0.15) is 29.8 Å². The zero-order chi connectivity index (χ0) is 13.9. The van der Waals surface area contributed by atoms with Crippen LogP contribution in [-0.4, -0.2) is 21.0 Å². The first kappa shape index (κ1) is 13.5. The molecule has 0 radical (unpaired) electrons. The summed E-state index contributed by atoms with van der Waals surface area (Å²) in [7, 11) is 0. The highest BCUT2D eigenvalue weighted by molar-refractivity contribution is 7.99. The average Bonchev–Trinajstić information content (AvgIpc) is 3.20. The highest BCUT2D eigenvalue weighted by Crippen LogP contribution is 2.27. The summed E-state index contributed by atoms with van der Waals surface area (Å²) in [6.45, 7) is 4.85. The van der Waals surface area contributed by atoms with Crippen LogP contribution in [0.4, 0.5) is 0 Å². The molecule has 3 rings (SSSR count). The first-order valence-electron chi connectivity index (χ1n) is 6.88. The Morgan fingerprint density at radius 1 is 1.25 bits per heavy atom. The summed E-state index contributed by atoms with van der Waals surface area (Å²) in [5, 5.41) is 5.29. The second-order valence-corrected chi connectivity index (χ2v) is 6.11. The third-order valence-electron chi connectivity index (χ3n) is 3.16. The largest absolute Gasteiger partial charge is 0.310 e. The first-order valence-corrected chi connectivity index (χ1v) is 7.70. The fourth-order valence-electron chi connectivity index (χ4n) is 2.02. The lowest BCUT2D eigenvalue weighted by molar-refractivity contribution is 0.675. The van der Waals surface area contributed by atoms with Gasteiger partial charge < -0.3 is 5.32 Å². The van der Waals surface area contributed by atoms with Gasteiger partial charge in [-0.05, 0) is 56.1 Å². The summed E-state index contributed by atoms with van der Waals surface area (Å²) in [5.41, 5.74) is 3.20. The van der Waals surface area contributed by atoms with E-state index in [1.165, 1.54) is 18.4 Å². The molecule has 2 aromatic heterocycles. The summed E-state index contributed by atoms with van der Waals surface area (Å²) in [6.07, 6.45) is 4.41. The molecule has 1 aliphatic rings. The van der Waals surface area contributed by atoms with E-state index >= 15 is 0 Å². The van der Waals surface area contributed by atoms with Crippen molar-refractivity contribution in [3.63, 3.8) is 0 Å². The van der Waals surface area contributed by atoms with Crippen molar-refractivity contribution in [3.8, 4) is 0 Å². The molecule has 1 N–H and O–H groups in total. The molecule has 2 aromatic rings. The third kappa shape index (κ3) is 3.55. The van der Waals surface area contributed by atoms with Gasteiger partial charge in [-0.2, -0.15) is 0 Å². The second kappa shape index (κ2) is 5.89. The number of aromatic nitrogens is 3. The Balaban J connectivity index is 1.78. The Bertz CT molecular complexity index is 590. The number of hydrogen-bond acceptors (Lipinski definition) is 5. The Labute approximate surface area is 123 Å². The van der Waals surface area contributed by atoms with Gasteiger partial charge in [-0.1, -0.05) is 6.07 Å². The lowest BCUT2D eigenvalue weighted by Crippen LogP contribution is -2.16. The Hall–Kier alpha value is -1.46. The first-order chi connectivity index (χ1) is 9.70. The van der Waals surface area contributed by atoms with E-state index in [-0.39, 0.29) is 0 Å². The molecule has 4 nitrogen and oxygen atoms in total. The van der Waals surface area contributed by atoms with E-state index in [0.717, 1.165) is 28.1 Å². The SMILES string of the molecule is Cc1cc(C)nc(Sc2ncccc2CNC2CC2)n1. The number of nitrogens with one attached hydrogen (secondary N) is 1. The molecule has 0 unspecified atom stereocenters. The molecule has 0 saturated heterocycles. The molecule has 2 heterocycles. The van der Waals surface area contributed by atoms with E-state index in [4.69, 9.17) is 0 Å². The van der Waals surface area contributed by atoms with Gasteiger partial charge in [0.1, 0.15) is 5.03 Å². The van der Waals surface area contributed by atoms with Gasteiger partial charge in [-0.3, -0.25) is 0 Å². The number of aryl methyl sites for hydroxylation is 2. The van der Waals surface area contributed by atoms with Crippen LogP contribution >= 0.6 is 11.8 Å². The van der Waals surface area contributed by atoms with Gasteiger partial charge in [0.2, 0.25) is 0 Å². The summed E-state index contributed by atoms with van der Waals surface area (Å²) in [5.74, 6) is 0. The zero-order valence-electron chi connectivity index (χ0n) is 11.8. The van der Waals surface area contributed by atoms with Gasteiger partial charge in [0.25, 0.3) is 0 Å². The van der Waals surface area contributed by atoms with Crippen LogP contribution in [0.25, 0.3) is 0 Å². The third-order valence-corrected chi connectivity index (χ3v) is 4.08. The molecule has 0 amide bonds. The molecule has 0 aliphatic heterocycles.